The average molecular weight is 461 g/mol. The van der Waals surface area contributed by atoms with Crippen LogP contribution < -0.4 is 10.2 Å². The minimum absolute atomic E-state index is 0.0758. The predicted molar refractivity (Wildman–Crippen MR) is 135 cm³/mol. The smallest absolute Gasteiger partial charge is 0.193 e. The molecule has 0 amide bonds. The van der Waals surface area contributed by atoms with Gasteiger partial charge in [0.2, 0.25) is 0 Å². The summed E-state index contributed by atoms with van der Waals surface area (Å²) in [5, 5.41) is 12.9. The number of allylic oxidation sites excluding steroid dienone is 2. The Morgan fingerprint density at radius 1 is 0.971 bits per heavy atom. The first-order valence-electron chi connectivity index (χ1n) is 12.0. The van der Waals surface area contributed by atoms with Crippen molar-refractivity contribution in [3.8, 4) is 5.75 Å². The SMILES string of the molecule is CC(C)CCCC(C)CCOc1ccc2c(ccc3oc(C4(O)C=CC(=O)C=C4)cc(=O)c32)c1. The third-order valence-corrected chi connectivity index (χ3v) is 6.44. The van der Waals surface area contributed by atoms with Crippen LogP contribution >= 0.6 is 0 Å². The fourth-order valence-electron chi connectivity index (χ4n) is 4.34. The van der Waals surface area contributed by atoms with Crippen LogP contribution in [0.3, 0.4) is 0 Å². The Kier molecular flexibility index (Phi) is 7.03. The topological polar surface area (TPSA) is 76.7 Å². The molecule has 1 heterocycles. The predicted octanol–water partition coefficient (Wildman–Crippen LogP) is 6.06. The molecule has 0 bridgehead atoms. The molecule has 5 nitrogen and oxygen atoms in total. The van der Waals surface area contributed by atoms with Gasteiger partial charge in [0, 0.05) is 6.07 Å². The molecule has 1 unspecified atom stereocenters. The molecule has 1 aliphatic carbocycles. The molecular weight excluding hydrogens is 428 g/mol. The maximum absolute atomic E-state index is 13.0. The Bertz CT molecular complexity index is 1300. The lowest BCUT2D eigenvalue weighted by atomic mass is 9.94. The number of fused-ring (bicyclic) bond motifs is 3. The van der Waals surface area contributed by atoms with Crippen molar-refractivity contribution in [2.45, 2.75) is 52.1 Å². The van der Waals surface area contributed by atoms with Gasteiger partial charge in [0.05, 0.1) is 12.0 Å². The van der Waals surface area contributed by atoms with Gasteiger partial charge in [-0.25, -0.2) is 0 Å². The van der Waals surface area contributed by atoms with Crippen molar-refractivity contribution in [3.63, 3.8) is 0 Å². The number of ether oxygens (including phenoxy) is 1. The Morgan fingerprint density at radius 2 is 1.74 bits per heavy atom. The number of rotatable bonds is 9. The molecule has 0 saturated heterocycles. The van der Waals surface area contributed by atoms with Gasteiger partial charge in [-0.2, -0.15) is 0 Å². The van der Waals surface area contributed by atoms with Gasteiger partial charge in [-0.15, -0.1) is 0 Å². The first-order chi connectivity index (χ1) is 16.2. The van der Waals surface area contributed by atoms with Crippen molar-refractivity contribution in [2.75, 3.05) is 6.61 Å². The number of aliphatic hydroxyl groups is 1. The summed E-state index contributed by atoms with van der Waals surface area (Å²) in [5.74, 6) is 2.01. The Hall–Kier alpha value is -3.18. The third-order valence-electron chi connectivity index (χ3n) is 6.44. The van der Waals surface area contributed by atoms with E-state index >= 15 is 0 Å². The zero-order chi connectivity index (χ0) is 24.3. The largest absolute Gasteiger partial charge is 0.494 e. The summed E-state index contributed by atoms with van der Waals surface area (Å²) >= 11 is 0. The van der Waals surface area contributed by atoms with Crippen LogP contribution in [0.2, 0.25) is 0 Å². The Balaban J connectivity index is 1.51. The van der Waals surface area contributed by atoms with Crippen LogP contribution in [-0.2, 0) is 10.4 Å². The van der Waals surface area contributed by atoms with Crippen LogP contribution in [0, 0.1) is 11.8 Å². The van der Waals surface area contributed by atoms with E-state index in [4.69, 9.17) is 9.15 Å². The summed E-state index contributed by atoms with van der Waals surface area (Å²) < 4.78 is 11.9. The van der Waals surface area contributed by atoms with Crippen molar-refractivity contribution in [3.05, 3.63) is 76.7 Å². The van der Waals surface area contributed by atoms with E-state index in [1.165, 1.54) is 49.6 Å². The molecule has 0 spiro atoms. The van der Waals surface area contributed by atoms with Crippen molar-refractivity contribution in [1.29, 1.82) is 0 Å². The molecule has 5 heteroatoms. The molecule has 0 saturated carbocycles. The Morgan fingerprint density at radius 3 is 2.47 bits per heavy atom. The van der Waals surface area contributed by atoms with Crippen LogP contribution in [0.25, 0.3) is 21.7 Å². The zero-order valence-corrected chi connectivity index (χ0v) is 20.0. The highest BCUT2D eigenvalue weighted by Crippen LogP contribution is 2.31. The lowest BCUT2D eigenvalue weighted by Gasteiger charge is -2.21. The van der Waals surface area contributed by atoms with Gasteiger partial charge in [0.1, 0.15) is 17.1 Å². The van der Waals surface area contributed by atoms with E-state index in [-0.39, 0.29) is 17.0 Å². The summed E-state index contributed by atoms with van der Waals surface area (Å²) in [6, 6.07) is 10.6. The number of benzene rings is 2. The maximum Gasteiger partial charge on any atom is 0.193 e. The summed E-state index contributed by atoms with van der Waals surface area (Å²) in [6.07, 6.45) is 9.94. The van der Waals surface area contributed by atoms with Crippen LogP contribution in [0.15, 0.2) is 69.9 Å². The average Bonchev–Trinajstić information content (AvgIpc) is 2.80. The number of carbonyl (C=O) groups excluding carboxylic acids is 1. The van der Waals surface area contributed by atoms with Crippen molar-refractivity contribution in [2.24, 2.45) is 11.8 Å². The minimum Gasteiger partial charge on any atom is -0.494 e. The highest BCUT2D eigenvalue weighted by molar-refractivity contribution is 6.05. The molecule has 34 heavy (non-hydrogen) atoms. The van der Waals surface area contributed by atoms with Crippen molar-refractivity contribution in [1.82, 2.24) is 0 Å². The highest BCUT2D eigenvalue weighted by atomic mass is 16.5. The zero-order valence-electron chi connectivity index (χ0n) is 20.0. The Labute approximate surface area is 199 Å². The van der Waals surface area contributed by atoms with Gasteiger partial charge in [-0.05, 0) is 77.6 Å². The minimum atomic E-state index is -1.63. The van der Waals surface area contributed by atoms with Crippen molar-refractivity contribution >= 4 is 27.5 Å². The fraction of sp³-hybridized carbons (Fsp3) is 0.379. The van der Waals surface area contributed by atoms with E-state index < -0.39 is 5.60 Å². The van der Waals surface area contributed by atoms with Gasteiger partial charge < -0.3 is 14.3 Å². The second-order valence-corrected chi connectivity index (χ2v) is 9.76. The molecule has 0 fully saturated rings. The van der Waals surface area contributed by atoms with Gasteiger partial charge >= 0.3 is 0 Å². The van der Waals surface area contributed by atoms with E-state index in [0.717, 1.165) is 28.9 Å². The molecule has 0 radical (unpaired) electrons. The first-order valence-corrected chi connectivity index (χ1v) is 12.0. The molecule has 0 aliphatic heterocycles. The van der Waals surface area contributed by atoms with Crippen molar-refractivity contribution < 1.29 is 19.1 Å². The third kappa shape index (κ3) is 5.31. The van der Waals surface area contributed by atoms with Gasteiger partial charge in [0.15, 0.2) is 16.8 Å². The van der Waals surface area contributed by atoms with Crippen LogP contribution in [-0.4, -0.2) is 17.5 Å². The summed E-state index contributed by atoms with van der Waals surface area (Å²) in [7, 11) is 0. The lowest BCUT2D eigenvalue weighted by molar-refractivity contribution is -0.110. The van der Waals surface area contributed by atoms with Gasteiger partial charge in [-0.3, -0.25) is 9.59 Å². The van der Waals surface area contributed by atoms with Crippen LogP contribution in [0.5, 0.6) is 5.75 Å². The van der Waals surface area contributed by atoms with E-state index in [9.17, 15) is 14.7 Å². The molecule has 1 aromatic heterocycles. The molecule has 1 atom stereocenters. The number of hydrogen-bond donors (Lipinski definition) is 1. The van der Waals surface area contributed by atoms with Crippen LogP contribution in [0.4, 0.5) is 0 Å². The summed E-state index contributed by atoms with van der Waals surface area (Å²) in [6.45, 7) is 7.46. The number of ketones is 1. The monoisotopic (exact) mass is 460 g/mol. The molecule has 3 aromatic rings. The van der Waals surface area contributed by atoms with E-state index in [0.29, 0.717) is 23.5 Å². The first kappa shape index (κ1) is 24.0. The maximum atomic E-state index is 13.0. The summed E-state index contributed by atoms with van der Waals surface area (Å²) in [4.78, 5) is 24.4. The highest BCUT2D eigenvalue weighted by Gasteiger charge is 2.29. The second kappa shape index (κ2) is 9.98. The molecule has 1 N–H and O–H groups in total. The van der Waals surface area contributed by atoms with E-state index in [2.05, 4.69) is 20.8 Å². The molecular formula is C29H32O5. The number of carbonyl (C=O) groups is 1. The van der Waals surface area contributed by atoms with E-state index in [1.54, 1.807) is 6.07 Å². The molecule has 1 aliphatic rings. The summed E-state index contributed by atoms with van der Waals surface area (Å²) in [5.41, 5.74) is -1.50. The second-order valence-electron chi connectivity index (χ2n) is 9.76. The standard InChI is InChI=1S/C29H32O5/c1-19(2)5-4-6-20(3)13-16-33-23-8-9-24-21(17-23)7-10-26-28(24)25(31)18-27(34-26)29(32)14-11-22(30)12-15-29/h7-12,14-15,17-20,32H,4-6,13,16H2,1-3H3. The van der Waals surface area contributed by atoms with Crippen LogP contribution in [0.1, 0.15) is 52.2 Å². The molecule has 178 valence electrons. The fourth-order valence-corrected chi connectivity index (χ4v) is 4.34. The van der Waals surface area contributed by atoms with E-state index in [1.807, 2.05) is 24.3 Å². The lowest BCUT2D eigenvalue weighted by Crippen LogP contribution is -2.24. The molecule has 2 aromatic carbocycles. The normalized spacial score (nSPS) is 16.0. The molecule has 4 rings (SSSR count). The van der Waals surface area contributed by atoms with Gasteiger partial charge in [0.25, 0.3) is 0 Å². The van der Waals surface area contributed by atoms with Gasteiger partial charge in [-0.1, -0.05) is 46.1 Å². The number of hydrogen-bond acceptors (Lipinski definition) is 5. The quantitative estimate of drug-likeness (QED) is 0.393.